The predicted molar refractivity (Wildman–Crippen MR) is 123 cm³/mol. The molecule has 0 saturated carbocycles. The Kier molecular flexibility index (Phi) is 7.31. The number of amides is 1. The topological polar surface area (TPSA) is 102 Å². The van der Waals surface area contributed by atoms with E-state index in [4.69, 9.17) is 4.74 Å². The zero-order chi connectivity index (χ0) is 25.0. The highest BCUT2D eigenvalue weighted by Gasteiger charge is 2.24. The van der Waals surface area contributed by atoms with Crippen molar-refractivity contribution in [2.75, 3.05) is 10.0 Å². The smallest absolute Gasteiger partial charge is 0.338 e. The number of anilines is 2. The molecule has 3 aromatic rings. The highest BCUT2D eigenvalue weighted by atomic mass is 32.2. The van der Waals surface area contributed by atoms with E-state index in [1.54, 1.807) is 31.2 Å². The molecule has 0 fully saturated rings. The number of halogens is 2. The van der Waals surface area contributed by atoms with Crippen LogP contribution in [0.1, 0.15) is 28.4 Å². The van der Waals surface area contributed by atoms with Crippen LogP contribution in [0.4, 0.5) is 20.2 Å². The first-order valence-electron chi connectivity index (χ1n) is 10.1. The number of sulfonamides is 1. The number of hydrogen-bond donors (Lipinski definition) is 2. The molecule has 0 bridgehead atoms. The number of ether oxygens (including phenoxy) is 1. The highest BCUT2D eigenvalue weighted by molar-refractivity contribution is 7.92. The van der Waals surface area contributed by atoms with E-state index < -0.39 is 45.3 Å². The van der Waals surface area contributed by atoms with Crippen LogP contribution < -0.4 is 10.0 Å². The van der Waals surface area contributed by atoms with Gasteiger partial charge in [-0.1, -0.05) is 29.8 Å². The summed E-state index contributed by atoms with van der Waals surface area (Å²) >= 11 is 0. The summed E-state index contributed by atoms with van der Waals surface area (Å²) in [6, 6.07) is 13.7. The van der Waals surface area contributed by atoms with Crippen LogP contribution in [0.2, 0.25) is 0 Å². The summed E-state index contributed by atoms with van der Waals surface area (Å²) in [7, 11) is -4.03. The number of carbonyl (C=O) groups is 2. The van der Waals surface area contributed by atoms with Crippen molar-refractivity contribution in [1.29, 1.82) is 0 Å². The number of esters is 1. The van der Waals surface area contributed by atoms with Crippen molar-refractivity contribution in [1.82, 2.24) is 0 Å². The summed E-state index contributed by atoms with van der Waals surface area (Å²) in [5.41, 5.74) is 0.910. The molecule has 0 saturated heterocycles. The van der Waals surface area contributed by atoms with Crippen LogP contribution in [-0.4, -0.2) is 26.4 Å². The fraction of sp³-hybridized carbons (Fsp3) is 0.167. The lowest BCUT2D eigenvalue weighted by atomic mass is 10.1. The second-order valence-corrected chi connectivity index (χ2v) is 9.24. The van der Waals surface area contributed by atoms with Crippen LogP contribution in [0.25, 0.3) is 0 Å². The molecule has 2 N–H and O–H groups in total. The van der Waals surface area contributed by atoms with Crippen LogP contribution in [0.15, 0.2) is 65.6 Å². The second-order valence-electron chi connectivity index (χ2n) is 7.59. The molecular formula is C24H22F2N2O5S. The molecule has 10 heteroatoms. The van der Waals surface area contributed by atoms with E-state index in [2.05, 4.69) is 4.72 Å². The molecule has 0 spiro atoms. The minimum atomic E-state index is -4.03. The number of nitrogens with one attached hydrogen (secondary N) is 2. The second kappa shape index (κ2) is 10.0. The van der Waals surface area contributed by atoms with Crippen molar-refractivity contribution in [2.45, 2.75) is 31.8 Å². The average molecular weight is 489 g/mol. The van der Waals surface area contributed by atoms with E-state index in [9.17, 15) is 26.8 Å². The first-order valence-corrected chi connectivity index (χ1v) is 11.6. The molecule has 0 aliphatic carbocycles. The molecule has 0 aliphatic heterocycles. The Morgan fingerprint density at radius 2 is 1.56 bits per heavy atom. The van der Waals surface area contributed by atoms with Crippen molar-refractivity contribution in [2.24, 2.45) is 0 Å². The average Bonchev–Trinajstić information content (AvgIpc) is 2.77. The number of benzene rings is 3. The Hall–Kier alpha value is -3.79. The van der Waals surface area contributed by atoms with Crippen molar-refractivity contribution in [3.63, 3.8) is 0 Å². The standard InChI is InChI=1S/C24H22F2N2O5S/c1-14-7-11-18(12-8-14)28-34(31,32)21-13-17(10-9-15(21)2)24(30)33-16(3)23(29)27-22-19(25)5-4-6-20(22)26/h4-13,16,28H,1-3H3,(H,27,29). The summed E-state index contributed by atoms with van der Waals surface area (Å²) in [5, 5.41) is 2.04. The molecule has 0 heterocycles. The molecule has 34 heavy (non-hydrogen) atoms. The molecule has 1 amide bonds. The first kappa shape index (κ1) is 24.8. The summed E-state index contributed by atoms with van der Waals surface area (Å²) in [5.74, 6) is -3.91. The Morgan fingerprint density at radius 1 is 0.941 bits per heavy atom. The van der Waals surface area contributed by atoms with Gasteiger partial charge in [-0.2, -0.15) is 0 Å². The van der Waals surface area contributed by atoms with Gasteiger partial charge < -0.3 is 10.1 Å². The van der Waals surface area contributed by atoms with Gasteiger partial charge in [0.15, 0.2) is 6.10 Å². The zero-order valence-corrected chi connectivity index (χ0v) is 19.4. The van der Waals surface area contributed by atoms with E-state index >= 15 is 0 Å². The van der Waals surface area contributed by atoms with Gasteiger partial charge in [0.2, 0.25) is 0 Å². The fourth-order valence-corrected chi connectivity index (χ4v) is 4.30. The Balaban J connectivity index is 1.76. The third kappa shape index (κ3) is 5.76. The highest BCUT2D eigenvalue weighted by Crippen LogP contribution is 2.22. The summed E-state index contributed by atoms with van der Waals surface area (Å²) in [6.07, 6.45) is -1.42. The van der Waals surface area contributed by atoms with E-state index in [0.717, 1.165) is 29.8 Å². The predicted octanol–water partition coefficient (Wildman–Crippen LogP) is 4.57. The van der Waals surface area contributed by atoms with E-state index in [0.29, 0.717) is 11.3 Å². The molecule has 7 nitrogen and oxygen atoms in total. The maximum atomic E-state index is 13.7. The molecule has 178 valence electrons. The van der Waals surface area contributed by atoms with Crippen LogP contribution in [-0.2, 0) is 19.6 Å². The lowest BCUT2D eigenvalue weighted by Gasteiger charge is -2.15. The maximum Gasteiger partial charge on any atom is 0.338 e. The van der Waals surface area contributed by atoms with Gasteiger partial charge in [-0.05, 0) is 62.7 Å². The lowest BCUT2D eigenvalue weighted by Crippen LogP contribution is -2.30. The van der Waals surface area contributed by atoms with Gasteiger partial charge in [-0.3, -0.25) is 9.52 Å². The van der Waals surface area contributed by atoms with E-state index in [1.165, 1.54) is 19.1 Å². The maximum absolute atomic E-state index is 13.7. The summed E-state index contributed by atoms with van der Waals surface area (Å²) in [6.45, 7) is 4.65. The largest absolute Gasteiger partial charge is 0.449 e. The van der Waals surface area contributed by atoms with Gasteiger partial charge in [0.25, 0.3) is 15.9 Å². The van der Waals surface area contributed by atoms with Gasteiger partial charge >= 0.3 is 5.97 Å². The Morgan fingerprint density at radius 3 is 2.18 bits per heavy atom. The van der Waals surface area contributed by atoms with Gasteiger partial charge in [0.05, 0.1) is 10.5 Å². The number of carbonyl (C=O) groups excluding carboxylic acids is 2. The SMILES string of the molecule is Cc1ccc(NS(=O)(=O)c2cc(C(=O)OC(C)C(=O)Nc3c(F)cccc3F)ccc2C)cc1. The first-order chi connectivity index (χ1) is 16.0. The van der Waals surface area contributed by atoms with Gasteiger partial charge in [0.1, 0.15) is 17.3 Å². The van der Waals surface area contributed by atoms with Crippen LogP contribution >= 0.6 is 0 Å². The van der Waals surface area contributed by atoms with Crippen LogP contribution in [0.5, 0.6) is 0 Å². The molecule has 0 aromatic heterocycles. The molecule has 1 unspecified atom stereocenters. The molecule has 3 rings (SSSR count). The Bertz CT molecular complexity index is 1320. The third-order valence-electron chi connectivity index (χ3n) is 4.88. The zero-order valence-electron chi connectivity index (χ0n) is 18.6. The molecule has 1 atom stereocenters. The minimum Gasteiger partial charge on any atom is -0.449 e. The van der Waals surface area contributed by atoms with Gasteiger partial charge in [-0.25, -0.2) is 22.0 Å². The van der Waals surface area contributed by atoms with Crippen LogP contribution in [0.3, 0.4) is 0 Å². The summed E-state index contributed by atoms with van der Waals surface area (Å²) < 4.78 is 60.8. The van der Waals surface area contributed by atoms with Crippen molar-refractivity contribution in [3.05, 3.63) is 89.0 Å². The monoisotopic (exact) mass is 488 g/mol. The summed E-state index contributed by atoms with van der Waals surface area (Å²) in [4.78, 5) is 24.7. The normalized spacial score (nSPS) is 12.0. The molecule has 0 aliphatic rings. The lowest BCUT2D eigenvalue weighted by molar-refractivity contribution is -0.123. The number of aryl methyl sites for hydroxylation is 2. The number of para-hydroxylation sites is 1. The third-order valence-corrected chi connectivity index (χ3v) is 6.40. The van der Waals surface area contributed by atoms with Crippen molar-refractivity contribution in [3.8, 4) is 0 Å². The number of hydrogen-bond acceptors (Lipinski definition) is 5. The fourth-order valence-electron chi connectivity index (χ4n) is 2.97. The van der Waals surface area contributed by atoms with E-state index in [-0.39, 0.29) is 10.5 Å². The molecule has 3 aromatic carbocycles. The molecular weight excluding hydrogens is 466 g/mol. The van der Waals surface area contributed by atoms with Crippen LogP contribution in [0, 0.1) is 25.5 Å². The Labute approximate surface area is 195 Å². The number of rotatable bonds is 7. The molecule has 0 radical (unpaired) electrons. The quantitative estimate of drug-likeness (QED) is 0.475. The van der Waals surface area contributed by atoms with Crippen molar-refractivity contribution < 1.29 is 31.5 Å². The van der Waals surface area contributed by atoms with Gasteiger partial charge in [-0.15, -0.1) is 0 Å². The van der Waals surface area contributed by atoms with Gasteiger partial charge in [0, 0.05) is 5.69 Å². The van der Waals surface area contributed by atoms with Crippen molar-refractivity contribution >= 4 is 33.3 Å². The van der Waals surface area contributed by atoms with E-state index in [1.807, 2.05) is 12.2 Å². The minimum absolute atomic E-state index is 0.119.